The SMILES string of the molecule is Cn1nnc2cc(CN3CCCC[C@@H]3COc3ccc4c(c3)CN(C3CCC(=O)NC3=O)C4=O)ccc21. The third-order valence-corrected chi connectivity index (χ3v) is 7.75. The average Bonchev–Trinajstić information content (AvgIpc) is 3.42. The van der Waals surface area contributed by atoms with E-state index in [4.69, 9.17) is 4.74 Å². The highest BCUT2D eigenvalue weighted by atomic mass is 16.5. The number of nitrogens with one attached hydrogen (secondary N) is 1. The first-order valence-corrected chi connectivity index (χ1v) is 12.9. The fraction of sp³-hybridized carbons (Fsp3) is 0.444. The van der Waals surface area contributed by atoms with E-state index in [0.29, 0.717) is 31.2 Å². The van der Waals surface area contributed by atoms with Crippen LogP contribution in [0.25, 0.3) is 11.0 Å². The number of ether oxygens (including phenoxy) is 1. The first-order valence-electron chi connectivity index (χ1n) is 12.9. The number of carbonyl (C=O) groups is 3. The van der Waals surface area contributed by atoms with Crippen LogP contribution in [-0.2, 0) is 29.7 Å². The number of aryl methyl sites for hydroxylation is 1. The first-order chi connectivity index (χ1) is 18.0. The Kier molecular flexibility index (Phi) is 6.11. The number of piperidine rings is 2. The Labute approximate surface area is 214 Å². The predicted molar refractivity (Wildman–Crippen MR) is 135 cm³/mol. The summed E-state index contributed by atoms with van der Waals surface area (Å²) < 4.78 is 8.02. The first kappa shape index (κ1) is 23.6. The predicted octanol–water partition coefficient (Wildman–Crippen LogP) is 2.16. The Morgan fingerprint density at radius 3 is 2.84 bits per heavy atom. The van der Waals surface area contributed by atoms with Gasteiger partial charge in [-0.2, -0.15) is 0 Å². The van der Waals surface area contributed by atoms with E-state index >= 15 is 0 Å². The summed E-state index contributed by atoms with van der Waals surface area (Å²) in [5, 5.41) is 10.7. The molecule has 1 aromatic heterocycles. The van der Waals surface area contributed by atoms with E-state index in [1.54, 1.807) is 15.6 Å². The standard InChI is InChI=1S/C27H30N6O4/c1-31-23-8-5-17(12-22(23)29-30-31)14-32-11-3-2-4-19(32)16-37-20-6-7-21-18(13-20)15-33(27(21)36)24-9-10-25(34)28-26(24)35/h5-8,12-13,19,24H,2-4,9-11,14-16H2,1H3,(H,28,34,35)/t19-,24?/m1/s1. The molecule has 0 spiro atoms. The van der Waals surface area contributed by atoms with Crippen LogP contribution in [0.15, 0.2) is 36.4 Å². The number of rotatable bonds is 6. The molecule has 1 N–H and O–H groups in total. The van der Waals surface area contributed by atoms with Gasteiger partial charge in [-0.15, -0.1) is 5.10 Å². The zero-order valence-corrected chi connectivity index (χ0v) is 20.9. The highest BCUT2D eigenvalue weighted by molar-refractivity contribution is 6.05. The van der Waals surface area contributed by atoms with Gasteiger partial charge in [0.2, 0.25) is 11.8 Å². The minimum Gasteiger partial charge on any atom is -0.492 e. The van der Waals surface area contributed by atoms with Crippen LogP contribution in [0, 0.1) is 0 Å². The zero-order chi connectivity index (χ0) is 25.5. The Morgan fingerprint density at radius 2 is 1.97 bits per heavy atom. The minimum atomic E-state index is -0.612. The molecule has 0 radical (unpaired) electrons. The molecule has 2 fully saturated rings. The molecule has 4 heterocycles. The molecule has 0 bridgehead atoms. The van der Waals surface area contributed by atoms with Crippen molar-refractivity contribution in [2.24, 2.45) is 7.05 Å². The third-order valence-electron chi connectivity index (χ3n) is 7.75. The molecule has 0 saturated carbocycles. The van der Waals surface area contributed by atoms with E-state index in [1.165, 1.54) is 18.4 Å². The second-order valence-electron chi connectivity index (χ2n) is 10.2. The second-order valence-corrected chi connectivity index (χ2v) is 10.2. The number of nitrogens with zero attached hydrogens (tertiary/aromatic N) is 5. The van der Waals surface area contributed by atoms with Crippen molar-refractivity contribution < 1.29 is 19.1 Å². The number of imide groups is 1. The topological polar surface area (TPSA) is 110 Å². The van der Waals surface area contributed by atoms with Gasteiger partial charge in [-0.3, -0.25) is 24.6 Å². The number of fused-ring (bicyclic) bond motifs is 2. The van der Waals surface area contributed by atoms with Crippen molar-refractivity contribution >= 4 is 28.8 Å². The molecule has 6 rings (SSSR count). The summed E-state index contributed by atoms with van der Waals surface area (Å²) in [5.74, 6) is -0.130. The lowest BCUT2D eigenvalue weighted by atomic mass is 10.0. The summed E-state index contributed by atoms with van der Waals surface area (Å²) in [6, 6.07) is 11.5. The fourth-order valence-corrected chi connectivity index (χ4v) is 5.71. The van der Waals surface area contributed by atoms with E-state index in [9.17, 15) is 14.4 Å². The van der Waals surface area contributed by atoms with Gasteiger partial charge in [0.1, 0.15) is 23.9 Å². The second kappa shape index (κ2) is 9.59. The Bertz CT molecular complexity index is 1380. The van der Waals surface area contributed by atoms with Gasteiger partial charge in [0.25, 0.3) is 5.91 Å². The lowest BCUT2D eigenvalue weighted by Crippen LogP contribution is -2.52. The van der Waals surface area contributed by atoms with Crippen LogP contribution in [-0.4, -0.2) is 67.8 Å². The number of carbonyl (C=O) groups excluding carboxylic acids is 3. The van der Waals surface area contributed by atoms with Crippen molar-refractivity contribution in [2.45, 2.75) is 57.3 Å². The Morgan fingerprint density at radius 1 is 1.08 bits per heavy atom. The number of hydrogen-bond donors (Lipinski definition) is 1. The van der Waals surface area contributed by atoms with E-state index in [0.717, 1.165) is 41.9 Å². The van der Waals surface area contributed by atoms with Crippen LogP contribution < -0.4 is 10.1 Å². The molecule has 2 atom stereocenters. The maximum absolute atomic E-state index is 12.9. The molecule has 0 aliphatic carbocycles. The molecule has 3 aromatic rings. The quantitative estimate of drug-likeness (QED) is 0.515. The van der Waals surface area contributed by atoms with Gasteiger partial charge in [0, 0.05) is 38.2 Å². The largest absolute Gasteiger partial charge is 0.492 e. The van der Waals surface area contributed by atoms with E-state index in [1.807, 2.05) is 19.2 Å². The highest BCUT2D eigenvalue weighted by Crippen LogP contribution is 2.31. The number of hydrogen-bond acceptors (Lipinski definition) is 7. The van der Waals surface area contributed by atoms with E-state index in [-0.39, 0.29) is 18.2 Å². The van der Waals surface area contributed by atoms with Crippen LogP contribution in [0.2, 0.25) is 0 Å². The smallest absolute Gasteiger partial charge is 0.255 e. The van der Waals surface area contributed by atoms with E-state index in [2.05, 4.69) is 38.7 Å². The van der Waals surface area contributed by atoms with Gasteiger partial charge in [-0.25, -0.2) is 4.68 Å². The molecule has 3 amide bonds. The monoisotopic (exact) mass is 502 g/mol. The van der Waals surface area contributed by atoms with Crippen LogP contribution in [0.3, 0.4) is 0 Å². The molecular formula is C27H30N6O4. The van der Waals surface area contributed by atoms with Crippen molar-refractivity contribution in [3.8, 4) is 5.75 Å². The van der Waals surface area contributed by atoms with Crippen LogP contribution in [0.4, 0.5) is 0 Å². The van der Waals surface area contributed by atoms with Crippen molar-refractivity contribution in [1.29, 1.82) is 0 Å². The van der Waals surface area contributed by atoms with Gasteiger partial charge in [-0.05, 0) is 67.3 Å². The molecule has 3 aliphatic rings. The molecule has 10 nitrogen and oxygen atoms in total. The Hall–Kier alpha value is -3.79. The summed E-state index contributed by atoms with van der Waals surface area (Å²) in [4.78, 5) is 40.8. The molecule has 1 unspecified atom stereocenters. The molecule has 2 aromatic carbocycles. The number of amides is 3. The van der Waals surface area contributed by atoms with Crippen LogP contribution in [0.5, 0.6) is 5.75 Å². The molecular weight excluding hydrogens is 472 g/mol. The van der Waals surface area contributed by atoms with Gasteiger partial charge < -0.3 is 9.64 Å². The zero-order valence-electron chi connectivity index (χ0n) is 20.9. The van der Waals surface area contributed by atoms with Crippen molar-refractivity contribution in [3.63, 3.8) is 0 Å². The lowest BCUT2D eigenvalue weighted by molar-refractivity contribution is -0.136. The van der Waals surface area contributed by atoms with Crippen LogP contribution in [0.1, 0.15) is 53.6 Å². The summed E-state index contributed by atoms with van der Waals surface area (Å²) in [7, 11) is 1.90. The summed E-state index contributed by atoms with van der Waals surface area (Å²) >= 11 is 0. The molecule has 37 heavy (non-hydrogen) atoms. The molecule has 192 valence electrons. The maximum atomic E-state index is 12.9. The normalized spacial score (nSPS) is 22.4. The number of benzene rings is 2. The minimum absolute atomic E-state index is 0.172. The van der Waals surface area contributed by atoms with Gasteiger partial charge in [0.15, 0.2) is 0 Å². The van der Waals surface area contributed by atoms with Gasteiger partial charge in [0.05, 0.1) is 5.52 Å². The summed E-state index contributed by atoms with van der Waals surface area (Å²) in [6.45, 7) is 2.77. The van der Waals surface area contributed by atoms with Crippen molar-refractivity contribution in [3.05, 3.63) is 53.1 Å². The molecule has 10 heteroatoms. The Balaban J connectivity index is 1.11. The maximum Gasteiger partial charge on any atom is 0.255 e. The molecule has 3 aliphatic heterocycles. The van der Waals surface area contributed by atoms with E-state index < -0.39 is 11.9 Å². The van der Waals surface area contributed by atoms with Gasteiger partial charge >= 0.3 is 0 Å². The summed E-state index contributed by atoms with van der Waals surface area (Å²) in [5.41, 5.74) is 4.59. The average molecular weight is 503 g/mol. The fourth-order valence-electron chi connectivity index (χ4n) is 5.71. The third kappa shape index (κ3) is 4.57. The lowest BCUT2D eigenvalue weighted by Gasteiger charge is -2.35. The van der Waals surface area contributed by atoms with Gasteiger partial charge in [-0.1, -0.05) is 17.7 Å². The molecule has 2 saturated heterocycles. The highest BCUT2D eigenvalue weighted by Gasteiger charge is 2.39. The van der Waals surface area contributed by atoms with Crippen molar-refractivity contribution in [1.82, 2.24) is 30.1 Å². The summed E-state index contributed by atoms with van der Waals surface area (Å²) in [6.07, 6.45) is 4.01. The van der Waals surface area contributed by atoms with Crippen LogP contribution >= 0.6 is 0 Å². The number of likely N-dealkylation sites (tertiary alicyclic amines) is 1. The number of aromatic nitrogens is 3. The van der Waals surface area contributed by atoms with Crippen molar-refractivity contribution in [2.75, 3.05) is 13.2 Å².